The zero-order chi connectivity index (χ0) is 14.2. The van der Waals surface area contributed by atoms with Crippen LogP contribution in [-0.2, 0) is 6.42 Å². The molecule has 3 N–H and O–H groups in total. The second kappa shape index (κ2) is 7.19. The minimum Gasteiger partial charge on any atom is -0.494 e. The summed E-state index contributed by atoms with van der Waals surface area (Å²) in [5, 5.41) is 11.6. The lowest BCUT2D eigenvalue weighted by Gasteiger charge is -2.07. The van der Waals surface area contributed by atoms with Crippen molar-refractivity contribution in [2.45, 2.75) is 12.8 Å². The third kappa shape index (κ3) is 4.02. The van der Waals surface area contributed by atoms with E-state index in [2.05, 4.69) is 17.3 Å². The lowest BCUT2D eigenvalue weighted by atomic mass is 10.1. The van der Waals surface area contributed by atoms with Crippen molar-refractivity contribution in [3.05, 3.63) is 65.7 Å². The molecule has 0 radical (unpaired) electrons. The van der Waals surface area contributed by atoms with Gasteiger partial charge in [-0.15, -0.1) is 0 Å². The van der Waals surface area contributed by atoms with Gasteiger partial charge in [0, 0.05) is 5.56 Å². The molecule has 2 aromatic carbocycles. The maximum Gasteiger partial charge on any atom is 0.170 e. The Hall–Kier alpha value is -2.49. The highest BCUT2D eigenvalue weighted by atomic mass is 16.5. The molecule has 2 rings (SSSR count). The molecular weight excluding hydrogens is 252 g/mol. The van der Waals surface area contributed by atoms with Gasteiger partial charge >= 0.3 is 0 Å². The second-order valence-corrected chi connectivity index (χ2v) is 4.45. The molecule has 2 aromatic rings. The Morgan fingerprint density at radius 1 is 1.10 bits per heavy atom. The number of aryl methyl sites for hydroxylation is 1. The van der Waals surface area contributed by atoms with E-state index < -0.39 is 0 Å². The quantitative estimate of drug-likeness (QED) is 0.279. The fraction of sp³-hybridized carbons (Fsp3) is 0.188. The minimum atomic E-state index is 0.0831. The van der Waals surface area contributed by atoms with Crippen molar-refractivity contribution in [3.8, 4) is 5.75 Å². The fourth-order valence-corrected chi connectivity index (χ4v) is 1.91. The van der Waals surface area contributed by atoms with Crippen molar-refractivity contribution < 1.29 is 9.94 Å². The summed E-state index contributed by atoms with van der Waals surface area (Å²) >= 11 is 0. The molecule has 0 aromatic heterocycles. The average molecular weight is 270 g/mol. The summed E-state index contributed by atoms with van der Waals surface area (Å²) in [7, 11) is 0. The van der Waals surface area contributed by atoms with E-state index in [0.717, 1.165) is 18.6 Å². The van der Waals surface area contributed by atoms with Gasteiger partial charge in [0.2, 0.25) is 0 Å². The minimum absolute atomic E-state index is 0.0831. The van der Waals surface area contributed by atoms with E-state index in [0.29, 0.717) is 12.2 Å². The average Bonchev–Trinajstić information content (AvgIpc) is 2.52. The SMILES string of the molecule is N/C(=N\O)c1cccc(OCCCc2ccccc2)c1. The summed E-state index contributed by atoms with van der Waals surface area (Å²) in [5.74, 6) is 0.807. The third-order valence-electron chi connectivity index (χ3n) is 2.96. The number of nitrogens with two attached hydrogens (primary N) is 1. The maximum atomic E-state index is 8.64. The van der Waals surface area contributed by atoms with Crippen LogP contribution in [0.1, 0.15) is 17.5 Å². The van der Waals surface area contributed by atoms with E-state index in [1.165, 1.54) is 5.56 Å². The van der Waals surface area contributed by atoms with Gasteiger partial charge in [0.05, 0.1) is 6.61 Å². The summed E-state index contributed by atoms with van der Waals surface area (Å²) in [6.07, 6.45) is 1.93. The smallest absolute Gasteiger partial charge is 0.170 e. The van der Waals surface area contributed by atoms with Crippen LogP contribution >= 0.6 is 0 Å². The van der Waals surface area contributed by atoms with Crippen LogP contribution in [0, 0.1) is 0 Å². The predicted molar refractivity (Wildman–Crippen MR) is 79.2 cm³/mol. The zero-order valence-electron chi connectivity index (χ0n) is 11.2. The highest BCUT2D eigenvalue weighted by Crippen LogP contribution is 2.14. The maximum absolute atomic E-state index is 8.64. The molecule has 0 saturated carbocycles. The summed E-state index contributed by atoms with van der Waals surface area (Å²) in [6, 6.07) is 17.5. The first-order chi connectivity index (χ1) is 9.79. The number of hydrogen-bond donors (Lipinski definition) is 2. The Labute approximate surface area is 118 Å². The molecule has 0 spiro atoms. The van der Waals surface area contributed by atoms with E-state index in [1.807, 2.05) is 30.3 Å². The summed E-state index contributed by atoms with van der Waals surface area (Å²) in [4.78, 5) is 0. The molecular formula is C16H18N2O2. The van der Waals surface area contributed by atoms with E-state index in [-0.39, 0.29) is 5.84 Å². The van der Waals surface area contributed by atoms with Gasteiger partial charge in [-0.3, -0.25) is 0 Å². The normalized spacial score (nSPS) is 11.3. The van der Waals surface area contributed by atoms with Gasteiger partial charge in [0.15, 0.2) is 5.84 Å². The first kappa shape index (κ1) is 13.9. The molecule has 0 atom stereocenters. The number of benzene rings is 2. The predicted octanol–water partition coefficient (Wildman–Crippen LogP) is 2.79. The van der Waals surface area contributed by atoms with E-state index >= 15 is 0 Å². The lowest BCUT2D eigenvalue weighted by molar-refractivity contribution is 0.310. The Bertz CT molecular complexity index is 568. The van der Waals surface area contributed by atoms with Crippen molar-refractivity contribution in [3.63, 3.8) is 0 Å². The number of oxime groups is 1. The van der Waals surface area contributed by atoms with Gasteiger partial charge in [0.25, 0.3) is 0 Å². The Kier molecular flexibility index (Phi) is 5.00. The summed E-state index contributed by atoms with van der Waals surface area (Å²) in [5.41, 5.74) is 7.49. The van der Waals surface area contributed by atoms with Crippen molar-refractivity contribution in [1.29, 1.82) is 0 Å². The number of amidine groups is 1. The first-order valence-electron chi connectivity index (χ1n) is 6.54. The highest BCUT2D eigenvalue weighted by molar-refractivity contribution is 5.97. The molecule has 0 aliphatic rings. The van der Waals surface area contributed by atoms with Crippen LogP contribution in [0.15, 0.2) is 59.8 Å². The van der Waals surface area contributed by atoms with Crippen LogP contribution < -0.4 is 10.5 Å². The fourth-order valence-electron chi connectivity index (χ4n) is 1.91. The van der Waals surface area contributed by atoms with Gasteiger partial charge in [-0.25, -0.2) is 0 Å². The van der Waals surface area contributed by atoms with Crippen LogP contribution in [0.3, 0.4) is 0 Å². The molecule has 0 bridgehead atoms. The van der Waals surface area contributed by atoms with E-state index in [4.69, 9.17) is 15.7 Å². The highest BCUT2D eigenvalue weighted by Gasteiger charge is 2.01. The van der Waals surface area contributed by atoms with Crippen LogP contribution in [0.2, 0.25) is 0 Å². The van der Waals surface area contributed by atoms with E-state index in [1.54, 1.807) is 12.1 Å². The monoisotopic (exact) mass is 270 g/mol. The second-order valence-electron chi connectivity index (χ2n) is 4.45. The van der Waals surface area contributed by atoms with Crippen LogP contribution in [0.25, 0.3) is 0 Å². The van der Waals surface area contributed by atoms with Crippen molar-refractivity contribution in [2.24, 2.45) is 10.9 Å². The van der Waals surface area contributed by atoms with Gasteiger partial charge in [-0.2, -0.15) is 0 Å². The van der Waals surface area contributed by atoms with Crippen LogP contribution in [0.5, 0.6) is 5.75 Å². The summed E-state index contributed by atoms with van der Waals surface area (Å²) < 4.78 is 5.67. The molecule has 4 nitrogen and oxygen atoms in total. The number of hydrogen-bond acceptors (Lipinski definition) is 3. The molecule has 0 amide bonds. The Balaban J connectivity index is 1.82. The third-order valence-corrected chi connectivity index (χ3v) is 2.96. The van der Waals surface area contributed by atoms with Gasteiger partial charge < -0.3 is 15.7 Å². The summed E-state index contributed by atoms with van der Waals surface area (Å²) in [6.45, 7) is 0.633. The first-order valence-corrected chi connectivity index (χ1v) is 6.54. The molecule has 0 saturated heterocycles. The molecule has 104 valence electrons. The number of ether oxygens (including phenoxy) is 1. The molecule has 0 unspecified atom stereocenters. The Morgan fingerprint density at radius 3 is 2.65 bits per heavy atom. The van der Waals surface area contributed by atoms with Crippen LogP contribution in [-0.4, -0.2) is 17.6 Å². The molecule has 0 aliphatic carbocycles. The van der Waals surface area contributed by atoms with Gasteiger partial charge in [0.1, 0.15) is 5.75 Å². The van der Waals surface area contributed by atoms with Crippen molar-refractivity contribution in [1.82, 2.24) is 0 Å². The largest absolute Gasteiger partial charge is 0.494 e. The standard InChI is InChI=1S/C16H18N2O2/c17-16(18-19)14-9-4-10-15(12-14)20-11-5-8-13-6-2-1-3-7-13/h1-4,6-7,9-10,12,19H,5,8,11H2,(H2,17,18). The molecule has 4 heteroatoms. The van der Waals surface area contributed by atoms with Crippen molar-refractivity contribution in [2.75, 3.05) is 6.61 Å². The number of rotatable bonds is 6. The topological polar surface area (TPSA) is 67.8 Å². The Morgan fingerprint density at radius 2 is 1.90 bits per heavy atom. The van der Waals surface area contributed by atoms with Crippen molar-refractivity contribution >= 4 is 5.84 Å². The zero-order valence-corrected chi connectivity index (χ0v) is 11.2. The van der Waals surface area contributed by atoms with E-state index in [9.17, 15) is 0 Å². The lowest BCUT2D eigenvalue weighted by Crippen LogP contribution is -2.13. The number of nitrogens with zero attached hydrogens (tertiary/aromatic N) is 1. The van der Waals surface area contributed by atoms with Gasteiger partial charge in [-0.1, -0.05) is 47.6 Å². The molecule has 0 heterocycles. The molecule has 20 heavy (non-hydrogen) atoms. The van der Waals surface area contributed by atoms with Gasteiger partial charge in [-0.05, 0) is 30.5 Å². The molecule has 0 aliphatic heterocycles. The van der Waals surface area contributed by atoms with Crippen LogP contribution in [0.4, 0.5) is 0 Å². The molecule has 0 fully saturated rings.